The summed E-state index contributed by atoms with van der Waals surface area (Å²) in [6, 6.07) is 72.4. The molecule has 8 aromatic carbocycles. The minimum absolute atomic E-state index is 0.630. The Bertz CT molecular complexity index is 2890. The Hall–Kier alpha value is -7.43. The zero-order chi connectivity index (χ0) is 36.6. The van der Waals surface area contributed by atoms with Crippen molar-refractivity contribution < 1.29 is 0 Å². The van der Waals surface area contributed by atoms with E-state index in [1.54, 1.807) is 0 Å². The van der Waals surface area contributed by atoms with Crippen molar-refractivity contribution in [3.8, 4) is 73.2 Å². The summed E-state index contributed by atoms with van der Waals surface area (Å²) in [5, 5.41) is 2.41. The molecule has 55 heavy (non-hydrogen) atoms. The highest BCUT2D eigenvalue weighted by atomic mass is 15.0. The SMILES string of the molecule is c1ccc(-c2nc(-c3ccccc3)nc(-c3cccc(-n4c5ccccc5c5ccc(-c6ccc(-c7ccccc7-c7ccccc7)cc6)cc54)c3)n2)cc1. The second kappa shape index (κ2) is 13.8. The number of hydrogen-bond donors (Lipinski definition) is 0. The fourth-order valence-electron chi connectivity index (χ4n) is 7.60. The molecule has 258 valence electrons. The zero-order valence-electron chi connectivity index (χ0n) is 29.9. The largest absolute Gasteiger partial charge is 0.309 e. The van der Waals surface area contributed by atoms with Crippen molar-refractivity contribution in [1.29, 1.82) is 0 Å². The lowest BCUT2D eigenvalue weighted by molar-refractivity contribution is 1.07. The van der Waals surface area contributed by atoms with Gasteiger partial charge in [0.15, 0.2) is 17.5 Å². The summed E-state index contributed by atoms with van der Waals surface area (Å²) in [7, 11) is 0. The van der Waals surface area contributed by atoms with Crippen LogP contribution >= 0.6 is 0 Å². The smallest absolute Gasteiger partial charge is 0.164 e. The Morgan fingerprint density at radius 3 is 1.36 bits per heavy atom. The minimum atomic E-state index is 0.630. The minimum Gasteiger partial charge on any atom is -0.309 e. The second-order valence-corrected chi connectivity index (χ2v) is 13.7. The third-order valence-electron chi connectivity index (χ3n) is 10.3. The summed E-state index contributed by atoms with van der Waals surface area (Å²) in [6.07, 6.45) is 0. The second-order valence-electron chi connectivity index (χ2n) is 13.7. The molecule has 10 rings (SSSR count). The maximum atomic E-state index is 5.02. The predicted molar refractivity (Wildman–Crippen MR) is 227 cm³/mol. The number of fused-ring (bicyclic) bond motifs is 3. The molecular formula is C51H34N4. The van der Waals surface area contributed by atoms with Gasteiger partial charge in [-0.2, -0.15) is 0 Å². The van der Waals surface area contributed by atoms with Gasteiger partial charge in [0.2, 0.25) is 0 Å². The lowest BCUT2D eigenvalue weighted by atomic mass is 9.93. The highest BCUT2D eigenvalue weighted by Gasteiger charge is 2.17. The molecule has 0 aliphatic carbocycles. The molecule has 2 aromatic heterocycles. The number of rotatable bonds is 7. The van der Waals surface area contributed by atoms with Gasteiger partial charge in [0.05, 0.1) is 11.0 Å². The van der Waals surface area contributed by atoms with Crippen LogP contribution in [-0.4, -0.2) is 19.5 Å². The van der Waals surface area contributed by atoms with Crippen LogP contribution in [0.5, 0.6) is 0 Å². The molecule has 2 heterocycles. The van der Waals surface area contributed by atoms with Crippen LogP contribution in [0.25, 0.3) is 95.0 Å². The normalized spacial score (nSPS) is 11.3. The van der Waals surface area contributed by atoms with E-state index in [2.05, 4.69) is 150 Å². The summed E-state index contributed by atoms with van der Waals surface area (Å²) >= 11 is 0. The van der Waals surface area contributed by atoms with Crippen LogP contribution in [0.4, 0.5) is 0 Å². The molecule has 10 aromatic rings. The Morgan fingerprint density at radius 1 is 0.273 bits per heavy atom. The van der Waals surface area contributed by atoms with Gasteiger partial charge in [-0.05, 0) is 57.6 Å². The maximum absolute atomic E-state index is 5.02. The van der Waals surface area contributed by atoms with E-state index in [9.17, 15) is 0 Å². The molecule has 0 saturated heterocycles. The lowest BCUT2D eigenvalue weighted by Gasteiger charge is -2.13. The van der Waals surface area contributed by atoms with Gasteiger partial charge in [-0.3, -0.25) is 0 Å². The van der Waals surface area contributed by atoms with Crippen molar-refractivity contribution >= 4 is 21.8 Å². The van der Waals surface area contributed by atoms with Crippen molar-refractivity contribution in [2.24, 2.45) is 0 Å². The Balaban J connectivity index is 1.08. The molecule has 4 heteroatoms. The molecule has 0 saturated carbocycles. The van der Waals surface area contributed by atoms with Crippen LogP contribution in [0.1, 0.15) is 0 Å². The van der Waals surface area contributed by atoms with E-state index in [0.29, 0.717) is 17.5 Å². The number of para-hydroxylation sites is 1. The molecule has 0 amide bonds. The third kappa shape index (κ3) is 6.06. The molecule has 0 bridgehead atoms. The van der Waals surface area contributed by atoms with Gasteiger partial charge in [0, 0.05) is 33.2 Å². The number of nitrogens with zero attached hydrogens (tertiary/aromatic N) is 4. The van der Waals surface area contributed by atoms with Gasteiger partial charge in [0.25, 0.3) is 0 Å². The first-order valence-corrected chi connectivity index (χ1v) is 18.5. The lowest BCUT2D eigenvalue weighted by Crippen LogP contribution is -2.01. The Labute approximate surface area is 319 Å². The van der Waals surface area contributed by atoms with Gasteiger partial charge in [0.1, 0.15) is 0 Å². The average molecular weight is 703 g/mol. The van der Waals surface area contributed by atoms with Crippen molar-refractivity contribution in [2.45, 2.75) is 0 Å². The molecule has 0 N–H and O–H groups in total. The van der Waals surface area contributed by atoms with Crippen molar-refractivity contribution in [3.63, 3.8) is 0 Å². The average Bonchev–Trinajstić information content (AvgIpc) is 3.61. The van der Waals surface area contributed by atoms with Crippen molar-refractivity contribution in [1.82, 2.24) is 19.5 Å². The summed E-state index contributed by atoms with van der Waals surface area (Å²) in [6.45, 7) is 0. The van der Waals surface area contributed by atoms with Crippen molar-refractivity contribution in [2.75, 3.05) is 0 Å². The summed E-state index contributed by atoms with van der Waals surface area (Å²) < 4.78 is 2.36. The fraction of sp³-hybridized carbons (Fsp3) is 0. The van der Waals surface area contributed by atoms with E-state index in [1.165, 1.54) is 38.6 Å². The standard InChI is InChI=1S/C51H34N4/c1-4-15-36(16-5-1)43-23-10-11-24-44(43)37-29-27-35(28-30-37)40-31-32-46-45-25-12-13-26-47(45)55(48(46)34-40)42-22-14-21-41(33-42)51-53-49(38-17-6-2-7-18-38)52-50(54-51)39-19-8-3-9-20-39/h1-34H. The summed E-state index contributed by atoms with van der Waals surface area (Å²) in [5.41, 5.74) is 13.3. The topological polar surface area (TPSA) is 43.6 Å². The number of benzene rings is 8. The monoisotopic (exact) mass is 702 g/mol. The Morgan fingerprint density at radius 2 is 0.727 bits per heavy atom. The van der Waals surface area contributed by atoms with Gasteiger partial charge < -0.3 is 4.57 Å². The maximum Gasteiger partial charge on any atom is 0.164 e. The first-order chi connectivity index (χ1) is 27.3. The highest BCUT2D eigenvalue weighted by molar-refractivity contribution is 6.10. The molecule has 0 fully saturated rings. The molecule has 0 spiro atoms. The van der Waals surface area contributed by atoms with E-state index in [1.807, 2.05) is 60.7 Å². The zero-order valence-corrected chi connectivity index (χ0v) is 29.9. The van der Waals surface area contributed by atoms with E-state index < -0.39 is 0 Å². The molecule has 0 aliphatic rings. The van der Waals surface area contributed by atoms with Crippen molar-refractivity contribution in [3.05, 3.63) is 206 Å². The van der Waals surface area contributed by atoms with Gasteiger partial charge in [-0.1, -0.05) is 182 Å². The van der Waals surface area contributed by atoms with E-state index >= 15 is 0 Å². The predicted octanol–water partition coefficient (Wildman–Crippen LogP) is 13.0. The van der Waals surface area contributed by atoms with E-state index in [4.69, 9.17) is 15.0 Å². The van der Waals surface area contributed by atoms with Crippen LogP contribution in [0.3, 0.4) is 0 Å². The number of hydrogen-bond acceptors (Lipinski definition) is 3. The van der Waals surface area contributed by atoms with Gasteiger partial charge in [-0.15, -0.1) is 0 Å². The van der Waals surface area contributed by atoms with Gasteiger partial charge in [-0.25, -0.2) is 15.0 Å². The molecular weight excluding hydrogens is 669 g/mol. The Kier molecular flexibility index (Phi) is 8.12. The molecule has 4 nitrogen and oxygen atoms in total. The molecule has 0 aliphatic heterocycles. The number of aromatic nitrogens is 4. The fourth-order valence-corrected chi connectivity index (χ4v) is 7.60. The van der Waals surface area contributed by atoms with Crippen LogP contribution < -0.4 is 0 Å². The van der Waals surface area contributed by atoms with E-state index in [0.717, 1.165) is 39.0 Å². The molecule has 0 atom stereocenters. The molecule has 0 radical (unpaired) electrons. The van der Waals surface area contributed by atoms with Crippen LogP contribution in [-0.2, 0) is 0 Å². The van der Waals surface area contributed by atoms with Gasteiger partial charge >= 0.3 is 0 Å². The third-order valence-corrected chi connectivity index (χ3v) is 10.3. The first-order valence-electron chi connectivity index (χ1n) is 18.5. The van der Waals surface area contributed by atoms with E-state index in [-0.39, 0.29) is 0 Å². The quantitative estimate of drug-likeness (QED) is 0.166. The van der Waals surface area contributed by atoms with Crippen LogP contribution in [0.15, 0.2) is 206 Å². The molecule has 0 unspecified atom stereocenters. The van der Waals surface area contributed by atoms with Crippen LogP contribution in [0.2, 0.25) is 0 Å². The summed E-state index contributed by atoms with van der Waals surface area (Å²) in [4.78, 5) is 14.9. The van der Waals surface area contributed by atoms with Crippen LogP contribution in [0, 0.1) is 0 Å². The highest BCUT2D eigenvalue weighted by Crippen LogP contribution is 2.37. The first kappa shape index (κ1) is 32.2. The summed E-state index contributed by atoms with van der Waals surface area (Å²) in [5.74, 6) is 1.92.